The fourth-order valence-electron chi connectivity index (χ4n) is 6.37. The topological polar surface area (TPSA) is 119 Å². The molecule has 2 aromatic rings. The molecular weight excluding hydrogens is 647 g/mol. The Balaban J connectivity index is 1.74. The molecule has 3 amide bonds. The Bertz CT molecular complexity index is 1400. The average Bonchev–Trinajstić information content (AvgIpc) is 3.08. The van der Waals surface area contributed by atoms with Gasteiger partial charge in [-0.2, -0.15) is 4.98 Å². The summed E-state index contributed by atoms with van der Waals surface area (Å²) in [6, 6.07) is 0.700. The number of urea groups is 1. The number of fused-ring (bicyclic) bond motifs is 1. The molecule has 2 aliphatic rings. The van der Waals surface area contributed by atoms with E-state index in [1.807, 2.05) is 0 Å². The number of methoxy groups -OCH3 is 4. The minimum atomic E-state index is -0.386. The van der Waals surface area contributed by atoms with Gasteiger partial charge in [0, 0.05) is 45.6 Å². The number of hydrogen-bond acceptors (Lipinski definition) is 9. The van der Waals surface area contributed by atoms with E-state index >= 15 is 0 Å². The molecule has 1 aliphatic carbocycles. The van der Waals surface area contributed by atoms with Crippen molar-refractivity contribution in [3.8, 4) is 11.5 Å². The number of carbonyl (C=O) groups is 2. The Morgan fingerprint density at radius 3 is 2.30 bits per heavy atom. The summed E-state index contributed by atoms with van der Waals surface area (Å²) in [5, 5.41) is 3.48. The molecule has 4 unspecified atom stereocenters. The number of ether oxygens (including phenoxy) is 4. The molecule has 1 aromatic carbocycles. The minimum absolute atomic E-state index is 0.119. The van der Waals surface area contributed by atoms with Crippen LogP contribution in [0, 0.1) is 0 Å². The lowest BCUT2D eigenvalue weighted by molar-refractivity contribution is -0.119. The van der Waals surface area contributed by atoms with Gasteiger partial charge in [-0.25, -0.2) is 9.78 Å². The van der Waals surface area contributed by atoms with Crippen LogP contribution >= 0.6 is 23.2 Å². The molecule has 1 aliphatic heterocycles. The lowest BCUT2D eigenvalue weighted by atomic mass is 9.84. The number of hydrogen-bond donors (Lipinski definition) is 1. The fourth-order valence-corrected chi connectivity index (χ4v) is 7.08. The van der Waals surface area contributed by atoms with Gasteiger partial charge in [-0.3, -0.25) is 14.6 Å². The smallest absolute Gasteiger partial charge is 0.330 e. The Morgan fingerprint density at radius 1 is 1.06 bits per heavy atom. The number of benzene rings is 1. The first kappa shape index (κ1) is 36.5. The van der Waals surface area contributed by atoms with Gasteiger partial charge >= 0.3 is 6.03 Å². The summed E-state index contributed by atoms with van der Waals surface area (Å²) in [5.74, 6) is 1.30. The number of aromatic nitrogens is 2. The van der Waals surface area contributed by atoms with Gasteiger partial charge in [0.25, 0.3) is 0 Å². The number of nitrogens with one attached hydrogen (secondary N) is 1. The van der Waals surface area contributed by atoms with Crippen LogP contribution in [0.3, 0.4) is 0 Å². The normalized spacial score (nSPS) is 20.9. The van der Waals surface area contributed by atoms with Crippen LogP contribution in [0.25, 0.3) is 0 Å². The highest BCUT2D eigenvalue weighted by Crippen LogP contribution is 2.48. The first-order valence-corrected chi connectivity index (χ1v) is 16.7. The summed E-state index contributed by atoms with van der Waals surface area (Å²) in [6.45, 7) is 6.60. The van der Waals surface area contributed by atoms with Gasteiger partial charge in [0.15, 0.2) is 0 Å². The molecule has 12 nitrogen and oxygen atoms in total. The van der Waals surface area contributed by atoms with Gasteiger partial charge in [-0.15, -0.1) is 0 Å². The molecule has 0 spiro atoms. The maximum absolute atomic E-state index is 13.9. The molecule has 2 heterocycles. The van der Waals surface area contributed by atoms with E-state index < -0.39 is 0 Å². The van der Waals surface area contributed by atoms with Crippen molar-refractivity contribution in [2.45, 2.75) is 82.7 Å². The zero-order valence-electron chi connectivity index (χ0n) is 28.1. The summed E-state index contributed by atoms with van der Waals surface area (Å²) >= 11 is 13.4. The summed E-state index contributed by atoms with van der Waals surface area (Å²) in [6.07, 6.45) is 9.07. The SMILES string of the molecule is C=CC(=O)NC1CC(OC)C(OC)CC1N(CCCCCCC)c1ncc2c(n1)N(C)C(=O)N(c1c(Cl)c(OC)cc(OC)c1Cl)C2. The van der Waals surface area contributed by atoms with Crippen molar-refractivity contribution in [2.75, 3.05) is 56.7 Å². The maximum atomic E-state index is 13.9. The second kappa shape index (κ2) is 16.7. The minimum Gasteiger partial charge on any atom is -0.495 e. The largest absolute Gasteiger partial charge is 0.495 e. The Kier molecular flexibility index (Phi) is 13.0. The van der Waals surface area contributed by atoms with E-state index in [2.05, 4.69) is 23.7 Å². The van der Waals surface area contributed by atoms with Gasteiger partial charge < -0.3 is 29.2 Å². The first-order chi connectivity index (χ1) is 22.6. The van der Waals surface area contributed by atoms with Gasteiger partial charge in [-0.1, -0.05) is 62.4 Å². The van der Waals surface area contributed by atoms with Crippen molar-refractivity contribution >= 4 is 52.6 Å². The van der Waals surface area contributed by atoms with Crippen molar-refractivity contribution in [2.24, 2.45) is 0 Å². The van der Waals surface area contributed by atoms with Crippen molar-refractivity contribution in [3.05, 3.63) is 40.5 Å². The molecule has 47 heavy (non-hydrogen) atoms. The third kappa shape index (κ3) is 7.88. The van der Waals surface area contributed by atoms with Crippen LogP contribution < -0.4 is 29.5 Å². The predicted octanol–water partition coefficient (Wildman–Crippen LogP) is 6.02. The van der Waals surface area contributed by atoms with Crippen LogP contribution in [0.15, 0.2) is 24.9 Å². The molecule has 4 atom stereocenters. The molecular formula is C33H46Cl2N6O6. The van der Waals surface area contributed by atoms with E-state index in [0.29, 0.717) is 48.2 Å². The zero-order chi connectivity index (χ0) is 34.2. The van der Waals surface area contributed by atoms with Crippen LogP contribution in [0.5, 0.6) is 11.5 Å². The van der Waals surface area contributed by atoms with E-state index in [1.165, 1.54) is 30.1 Å². The van der Waals surface area contributed by atoms with Gasteiger partial charge in [0.1, 0.15) is 27.4 Å². The molecule has 4 rings (SSSR count). The molecule has 0 bridgehead atoms. The quantitative estimate of drug-likeness (QED) is 0.177. The van der Waals surface area contributed by atoms with Crippen LogP contribution in [-0.4, -0.2) is 88.2 Å². The fraction of sp³-hybridized carbons (Fsp3) is 0.576. The Hall–Kier alpha value is -3.32. The molecule has 0 saturated heterocycles. The molecule has 0 radical (unpaired) electrons. The monoisotopic (exact) mass is 692 g/mol. The van der Waals surface area contributed by atoms with Crippen LogP contribution in [0.1, 0.15) is 57.4 Å². The Labute approximate surface area is 287 Å². The van der Waals surface area contributed by atoms with E-state index in [-0.39, 0.29) is 58.5 Å². The molecule has 1 N–H and O–H groups in total. The van der Waals surface area contributed by atoms with Crippen molar-refractivity contribution in [3.63, 3.8) is 0 Å². The molecule has 1 saturated carbocycles. The summed E-state index contributed by atoms with van der Waals surface area (Å²) < 4.78 is 22.5. The van der Waals surface area contributed by atoms with E-state index in [0.717, 1.165) is 32.1 Å². The van der Waals surface area contributed by atoms with E-state index in [9.17, 15) is 9.59 Å². The van der Waals surface area contributed by atoms with Gasteiger partial charge in [-0.05, 0) is 25.3 Å². The third-order valence-corrected chi connectivity index (χ3v) is 9.66. The second-order valence-corrected chi connectivity index (χ2v) is 12.5. The highest BCUT2D eigenvalue weighted by atomic mass is 35.5. The molecule has 258 valence electrons. The lowest BCUT2D eigenvalue weighted by Crippen LogP contribution is -2.60. The Morgan fingerprint density at radius 2 is 1.70 bits per heavy atom. The lowest BCUT2D eigenvalue weighted by Gasteiger charge is -2.45. The number of halogens is 2. The second-order valence-electron chi connectivity index (χ2n) is 11.7. The highest BCUT2D eigenvalue weighted by Gasteiger charge is 2.42. The number of amides is 3. The number of nitrogens with zero attached hydrogens (tertiary/aromatic N) is 5. The van der Waals surface area contributed by atoms with Crippen LogP contribution in [-0.2, 0) is 20.8 Å². The molecule has 1 aromatic heterocycles. The van der Waals surface area contributed by atoms with Crippen molar-refractivity contribution in [1.29, 1.82) is 0 Å². The third-order valence-electron chi connectivity index (χ3n) is 8.93. The van der Waals surface area contributed by atoms with Crippen molar-refractivity contribution in [1.82, 2.24) is 15.3 Å². The summed E-state index contributed by atoms with van der Waals surface area (Å²) in [7, 11) is 7.93. The zero-order valence-corrected chi connectivity index (χ0v) is 29.6. The predicted molar refractivity (Wildman–Crippen MR) is 184 cm³/mol. The number of carbonyl (C=O) groups excluding carboxylic acids is 2. The summed E-state index contributed by atoms with van der Waals surface area (Å²) in [5.41, 5.74) is 0.966. The van der Waals surface area contributed by atoms with Gasteiger partial charge in [0.05, 0.1) is 50.7 Å². The number of anilines is 3. The maximum Gasteiger partial charge on any atom is 0.330 e. The van der Waals surface area contributed by atoms with Crippen LogP contribution in [0.4, 0.5) is 22.2 Å². The van der Waals surface area contributed by atoms with E-state index in [4.69, 9.17) is 52.1 Å². The number of unbranched alkanes of at least 4 members (excludes halogenated alkanes) is 4. The first-order valence-electron chi connectivity index (χ1n) is 15.9. The van der Waals surface area contributed by atoms with Gasteiger partial charge in [0.2, 0.25) is 11.9 Å². The molecule has 14 heteroatoms. The van der Waals surface area contributed by atoms with Crippen LogP contribution in [0.2, 0.25) is 10.0 Å². The summed E-state index contributed by atoms with van der Waals surface area (Å²) in [4.78, 5) is 41.3. The standard InChI is InChI=1S/C33H46Cl2N6O6/c1-8-10-11-12-13-14-40(22-16-24(45-5)23(44-4)15-21(22)37-27(42)9-2)32-36-18-20-19-41(33(43)39(3)31(20)38-32)30-28(34)25(46-6)17-26(47-7)29(30)35/h9,17-18,21-24H,2,8,10-16,19H2,1,3-7H3,(H,37,42). The highest BCUT2D eigenvalue weighted by molar-refractivity contribution is 6.42. The molecule has 1 fully saturated rings. The van der Waals surface area contributed by atoms with E-state index in [1.54, 1.807) is 33.5 Å². The number of rotatable bonds is 15. The van der Waals surface area contributed by atoms with Crippen molar-refractivity contribution < 1.29 is 28.5 Å². The average molecular weight is 694 g/mol.